The van der Waals surface area contributed by atoms with Crippen LogP contribution in [0.3, 0.4) is 0 Å². The maximum atomic E-state index is 12.6. The molecule has 3 heterocycles. The molecule has 1 fully saturated rings. The van der Waals surface area contributed by atoms with Gasteiger partial charge in [-0.15, -0.1) is 5.10 Å². The second-order valence-electron chi connectivity index (χ2n) is 6.30. The van der Waals surface area contributed by atoms with E-state index < -0.39 is 16.6 Å². The van der Waals surface area contributed by atoms with Gasteiger partial charge in [0.05, 0.1) is 6.54 Å². The number of halogens is 1. The van der Waals surface area contributed by atoms with Crippen molar-refractivity contribution in [1.82, 2.24) is 20.5 Å². The maximum Gasteiger partial charge on any atom is 0.227 e. The van der Waals surface area contributed by atoms with E-state index in [9.17, 15) is 14.7 Å². The Kier molecular flexibility index (Phi) is 5.71. The zero-order chi connectivity index (χ0) is 18.7. The third-order valence-corrected chi connectivity index (χ3v) is 5.77. The summed E-state index contributed by atoms with van der Waals surface area (Å²) in [6.45, 7) is 1.88. The van der Waals surface area contributed by atoms with Gasteiger partial charge in [0, 0.05) is 17.9 Å². The first-order valence-electron chi connectivity index (χ1n) is 8.15. The zero-order valence-corrected chi connectivity index (χ0v) is 16.6. The summed E-state index contributed by atoms with van der Waals surface area (Å²) < 4.78 is 6.15. The minimum Gasteiger partial charge on any atom is -0.502 e. The van der Waals surface area contributed by atoms with Gasteiger partial charge in [0.2, 0.25) is 21.8 Å². The molecule has 1 aliphatic heterocycles. The summed E-state index contributed by atoms with van der Waals surface area (Å²) in [5, 5.41) is 19.6. The number of rotatable bonds is 5. The number of aromatic hydroxyl groups is 1. The van der Waals surface area contributed by atoms with Crippen molar-refractivity contribution in [3.63, 3.8) is 0 Å². The quantitative estimate of drug-likeness (QED) is 0.647. The molecule has 1 amide bonds. The van der Waals surface area contributed by atoms with E-state index >= 15 is 0 Å². The van der Waals surface area contributed by atoms with Crippen molar-refractivity contribution in [2.24, 2.45) is 0 Å². The van der Waals surface area contributed by atoms with Gasteiger partial charge in [-0.3, -0.25) is 14.7 Å². The second-order valence-corrected chi connectivity index (χ2v) is 8.23. The molecule has 1 aliphatic rings. The second kappa shape index (κ2) is 7.83. The third kappa shape index (κ3) is 4.12. The summed E-state index contributed by atoms with van der Waals surface area (Å²) in [6, 6.07) is 1.26. The summed E-state index contributed by atoms with van der Waals surface area (Å²) in [6.07, 6.45) is 1.43. The Labute approximate surface area is 162 Å². The molecular formula is C16H19BrN4O4S. The highest BCUT2D eigenvalue weighted by atomic mass is 79.9. The first-order valence-corrected chi connectivity index (χ1v) is 10.1. The molecular weight excluding hydrogens is 424 g/mol. The highest BCUT2D eigenvalue weighted by Crippen LogP contribution is 2.43. The molecule has 26 heavy (non-hydrogen) atoms. The lowest BCUT2D eigenvalue weighted by atomic mass is 9.75. The molecule has 0 spiro atoms. The molecule has 2 aromatic rings. The fraction of sp³-hybridized carbons (Fsp3) is 0.500. The Morgan fingerprint density at radius 3 is 2.88 bits per heavy atom. The van der Waals surface area contributed by atoms with E-state index in [1.807, 2.05) is 0 Å². The van der Waals surface area contributed by atoms with Crippen molar-refractivity contribution in [3.8, 4) is 5.75 Å². The van der Waals surface area contributed by atoms with Crippen molar-refractivity contribution in [2.45, 2.75) is 38.1 Å². The van der Waals surface area contributed by atoms with Crippen LogP contribution in [-0.2, 0) is 16.8 Å². The molecule has 3 rings (SSSR count). The number of amides is 1. The molecule has 0 aromatic carbocycles. The largest absolute Gasteiger partial charge is 0.502 e. The van der Waals surface area contributed by atoms with Crippen molar-refractivity contribution >= 4 is 33.6 Å². The van der Waals surface area contributed by atoms with Crippen molar-refractivity contribution in [1.29, 1.82) is 0 Å². The van der Waals surface area contributed by atoms with E-state index in [1.165, 1.54) is 6.07 Å². The average Bonchev–Trinajstić information content (AvgIpc) is 3.02. The molecule has 0 saturated carbocycles. The van der Waals surface area contributed by atoms with Crippen LogP contribution >= 0.6 is 27.7 Å². The van der Waals surface area contributed by atoms with Gasteiger partial charge in [0.25, 0.3) is 0 Å². The Balaban J connectivity index is 1.81. The van der Waals surface area contributed by atoms with E-state index in [-0.39, 0.29) is 24.6 Å². The van der Waals surface area contributed by atoms with E-state index in [1.54, 1.807) is 18.7 Å². The smallest absolute Gasteiger partial charge is 0.227 e. The highest BCUT2D eigenvalue weighted by molar-refractivity contribution is 9.10. The van der Waals surface area contributed by atoms with Crippen LogP contribution in [0.2, 0.25) is 0 Å². The predicted molar refractivity (Wildman–Crippen MR) is 100 cm³/mol. The summed E-state index contributed by atoms with van der Waals surface area (Å²) >= 11 is 4.93. The van der Waals surface area contributed by atoms with Gasteiger partial charge in [-0.25, -0.2) is 4.98 Å². The molecule has 2 aromatic heterocycles. The lowest BCUT2D eigenvalue weighted by Gasteiger charge is -2.35. The van der Waals surface area contributed by atoms with E-state index in [2.05, 4.69) is 36.4 Å². The van der Waals surface area contributed by atoms with Crippen molar-refractivity contribution in [3.05, 3.63) is 38.4 Å². The molecule has 0 radical (unpaired) electrons. The molecule has 0 atom stereocenters. The number of nitrogens with one attached hydrogen (secondary N) is 2. The molecule has 0 bridgehead atoms. The molecule has 0 unspecified atom stereocenters. The van der Waals surface area contributed by atoms with Gasteiger partial charge < -0.3 is 14.8 Å². The van der Waals surface area contributed by atoms with Gasteiger partial charge in [-0.05, 0) is 47.2 Å². The van der Waals surface area contributed by atoms with Gasteiger partial charge in [0.1, 0.15) is 11.6 Å². The van der Waals surface area contributed by atoms with Crippen LogP contribution in [0.4, 0.5) is 0 Å². The lowest BCUT2D eigenvalue weighted by molar-refractivity contribution is -0.122. The third-order valence-electron chi connectivity index (χ3n) is 4.43. The first kappa shape index (κ1) is 19.0. The Morgan fingerprint density at radius 1 is 1.50 bits per heavy atom. The SMILES string of the molecule is Cc1cc(=O)c(O)c(C2(CC(=O)NCc3nc(Br)n[nH]3)CCSCC2)o1. The fourth-order valence-electron chi connectivity index (χ4n) is 3.11. The molecule has 0 aliphatic carbocycles. The number of nitrogens with zero attached hydrogens (tertiary/aromatic N) is 2. The van der Waals surface area contributed by atoms with Crippen LogP contribution in [-0.4, -0.2) is 37.7 Å². The fourth-order valence-corrected chi connectivity index (χ4v) is 4.69. The first-order chi connectivity index (χ1) is 12.4. The monoisotopic (exact) mass is 442 g/mol. The number of hydrogen-bond acceptors (Lipinski definition) is 7. The number of hydrogen-bond donors (Lipinski definition) is 3. The minimum absolute atomic E-state index is 0.128. The van der Waals surface area contributed by atoms with E-state index in [0.717, 1.165) is 11.5 Å². The number of aromatic amines is 1. The van der Waals surface area contributed by atoms with Crippen LogP contribution in [0, 0.1) is 6.92 Å². The van der Waals surface area contributed by atoms with E-state index in [4.69, 9.17) is 4.42 Å². The van der Waals surface area contributed by atoms with Crippen LogP contribution in [0.15, 0.2) is 20.0 Å². The molecule has 1 saturated heterocycles. The Morgan fingerprint density at radius 2 is 2.23 bits per heavy atom. The Hall–Kier alpha value is -1.81. The van der Waals surface area contributed by atoms with Crippen LogP contribution < -0.4 is 10.7 Å². The van der Waals surface area contributed by atoms with Crippen LogP contribution in [0.1, 0.15) is 36.6 Å². The van der Waals surface area contributed by atoms with E-state index in [0.29, 0.717) is 29.2 Å². The normalized spacial score (nSPS) is 16.4. The van der Waals surface area contributed by atoms with Crippen LogP contribution in [0.5, 0.6) is 5.75 Å². The van der Waals surface area contributed by atoms with Gasteiger partial charge >= 0.3 is 0 Å². The minimum atomic E-state index is -0.688. The van der Waals surface area contributed by atoms with Crippen LogP contribution in [0.25, 0.3) is 0 Å². The molecule has 10 heteroatoms. The Bertz CT molecular complexity index is 860. The summed E-state index contributed by atoms with van der Waals surface area (Å²) in [7, 11) is 0. The van der Waals surface area contributed by atoms with Crippen molar-refractivity contribution in [2.75, 3.05) is 11.5 Å². The summed E-state index contributed by atoms with van der Waals surface area (Å²) in [5.41, 5.74) is -1.17. The molecule has 3 N–H and O–H groups in total. The van der Waals surface area contributed by atoms with Gasteiger partial charge in [0.15, 0.2) is 5.76 Å². The molecule has 140 valence electrons. The zero-order valence-electron chi connectivity index (χ0n) is 14.2. The topological polar surface area (TPSA) is 121 Å². The number of aryl methyl sites for hydroxylation is 1. The number of thioether (sulfide) groups is 1. The summed E-state index contributed by atoms with van der Waals surface area (Å²) in [5.74, 6) is 2.25. The average molecular weight is 443 g/mol. The van der Waals surface area contributed by atoms with Gasteiger partial charge in [-0.2, -0.15) is 11.8 Å². The highest BCUT2D eigenvalue weighted by Gasteiger charge is 2.41. The lowest BCUT2D eigenvalue weighted by Crippen LogP contribution is -2.38. The predicted octanol–water partition coefficient (Wildman–Crippen LogP) is 2.01. The van der Waals surface area contributed by atoms with Gasteiger partial charge in [-0.1, -0.05) is 0 Å². The number of carbonyl (C=O) groups excluding carboxylic acids is 1. The summed E-state index contributed by atoms with van der Waals surface area (Å²) in [4.78, 5) is 28.6. The number of aromatic nitrogens is 3. The number of H-pyrrole nitrogens is 1. The standard InChI is InChI=1S/C16H19BrN4O4S/c1-9-6-10(22)13(24)14(25-9)16(2-4-26-5-3-16)7-12(23)18-8-11-19-15(17)21-20-11/h6,24H,2-5,7-8H2,1H3,(H,18,23)(H,19,20,21). The maximum absolute atomic E-state index is 12.6. The molecule has 8 nitrogen and oxygen atoms in total. The van der Waals surface area contributed by atoms with Crippen molar-refractivity contribution < 1.29 is 14.3 Å². The number of carbonyl (C=O) groups is 1.